The maximum Gasteiger partial charge on any atom is 0.293 e. The van der Waals surface area contributed by atoms with Crippen molar-refractivity contribution in [1.82, 2.24) is 9.62 Å². The topological polar surface area (TPSA) is 95.8 Å². The van der Waals surface area contributed by atoms with Gasteiger partial charge in [-0.25, -0.2) is 13.1 Å². The number of anilines is 1. The van der Waals surface area contributed by atoms with Crippen molar-refractivity contribution in [3.63, 3.8) is 0 Å². The molecule has 1 heterocycles. The molecular weight excluding hydrogens is 404 g/mol. The normalized spacial score (nSPS) is 25.5. The highest BCUT2D eigenvalue weighted by Crippen LogP contribution is 2.34. The SMILES string of the molecule is CC1CCC(NS(=O)(=O)c2ccc(N3CCC[C@@H](CN(C)C)C3)c([N+](=O)[O-])c2)CC1. The predicted molar refractivity (Wildman–Crippen MR) is 118 cm³/mol. The van der Waals surface area contributed by atoms with Gasteiger partial charge in [0.1, 0.15) is 5.69 Å². The molecule has 0 unspecified atom stereocenters. The van der Waals surface area contributed by atoms with Crippen LogP contribution in [0.4, 0.5) is 11.4 Å². The first kappa shape index (κ1) is 23.0. The third-order valence-corrected chi connectivity index (χ3v) is 7.79. The van der Waals surface area contributed by atoms with E-state index in [2.05, 4.69) is 16.5 Å². The highest BCUT2D eigenvalue weighted by Gasteiger charge is 2.29. The molecule has 1 aliphatic heterocycles. The van der Waals surface area contributed by atoms with Crippen molar-refractivity contribution in [3.8, 4) is 0 Å². The zero-order valence-corrected chi connectivity index (χ0v) is 19.0. The van der Waals surface area contributed by atoms with Gasteiger partial charge in [0.05, 0.1) is 9.82 Å². The fourth-order valence-electron chi connectivity index (χ4n) is 4.70. The summed E-state index contributed by atoms with van der Waals surface area (Å²) in [5.41, 5.74) is 0.370. The van der Waals surface area contributed by atoms with Gasteiger partial charge < -0.3 is 9.80 Å². The molecule has 1 aliphatic carbocycles. The number of nitrogens with one attached hydrogen (secondary N) is 1. The van der Waals surface area contributed by atoms with Crippen molar-refractivity contribution in [2.24, 2.45) is 11.8 Å². The first-order valence-electron chi connectivity index (χ1n) is 10.9. The second kappa shape index (κ2) is 9.62. The van der Waals surface area contributed by atoms with E-state index in [0.29, 0.717) is 17.5 Å². The molecule has 2 fully saturated rings. The summed E-state index contributed by atoms with van der Waals surface area (Å²) in [6.07, 6.45) is 5.67. The maximum atomic E-state index is 12.9. The van der Waals surface area contributed by atoms with E-state index in [1.165, 1.54) is 12.1 Å². The highest BCUT2D eigenvalue weighted by atomic mass is 32.2. The fraction of sp³-hybridized carbons (Fsp3) is 0.714. The van der Waals surface area contributed by atoms with Gasteiger partial charge in [-0.3, -0.25) is 10.1 Å². The van der Waals surface area contributed by atoms with E-state index in [1.807, 2.05) is 19.0 Å². The van der Waals surface area contributed by atoms with Crippen molar-refractivity contribution in [3.05, 3.63) is 28.3 Å². The summed E-state index contributed by atoms with van der Waals surface area (Å²) in [4.78, 5) is 15.5. The summed E-state index contributed by atoms with van der Waals surface area (Å²) < 4.78 is 28.5. The minimum absolute atomic E-state index is 0.0292. The van der Waals surface area contributed by atoms with Gasteiger partial charge in [-0.05, 0) is 76.6 Å². The van der Waals surface area contributed by atoms with Crippen molar-refractivity contribution in [2.45, 2.75) is 56.4 Å². The van der Waals surface area contributed by atoms with Gasteiger partial charge in [-0.2, -0.15) is 0 Å². The van der Waals surface area contributed by atoms with Crippen molar-refractivity contribution < 1.29 is 13.3 Å². The summed E-state index contributed by atoms with van der Waals surface area (Å²) in [5, 5.41) is 11.8. The molecule has 0 spiro atoms. The van der Waals surface area contributed by atoms with E-state index in [4.69, 9.17) is 0 Å². The van der Waals surface area contributed by atoms with Gasteiger partial charge in [-0.15, -0.1) is 0 Å². The Bertz CT molecular complexity index is 851. The second-order valence-electron chi connectivity index (χ2n) is 9.20. The number of nitro benzene ring substituents is 1. The lowest BCUT2D eigenvalue weighted by molar-refractivity contribution is -0.384. The van der Waals surface area contributed by atoms with Crippen LogP contribution in [0.25, 0.3) is 0 Å². The molecule has 3 rings (SSSR count). The molecule has 0 bridgehead atoms. The fourth-order valence-corrected chi connectivity index (χ4v) is 6.02. The molecule has 0 amide bonds. The summed E-state index contributed by atoms with van der Waals surface area (Å²) in [5.74, 6) is 1.05. The first-order valence-corrected chi connectivity index (χ1v) is 12.3. The second-order valence-corrected chi connectivity index (χ2v) is 10.9. The van der Waals surface area contributed by atoms with Crippen LogP contribution in [-0.4, -0.2) is 58.0 Å². The average molecular weight is 439 g/mol. The summed E-state index contributed by atoms with van der Waals surface area (Å²) in [6.45, 7) is 4.59. The van der Waals surface area contributed by atoms with Crippen LogP contribution < -0.4 is 9.62 Å². The van der Waals surface area contributed by atoms with Gasteiger partial charge in [0, 0.05) is 31.7 Å². The minimum atomic E-state index is -3.79. The summed E-state index contributed by atoms with van der Waals surface area (Å²) in [6, 6.07) is 4.23. The third-order valence-electron chi connectivity index (χ3n) is 6.27. The Labute approximate surface area is 179 Å². The predicted octanol–water partition coefficient (Wildman–Crippen LogP) is 3.23. The largest absolute Gasteiger partial charge is 0.366 e. The number of piperidine rings is 1. The summed E-state index contributed by atoms with van der Waals surface area (Å²) >= 11 is 0. The van der Waals surface area contributed by atoms with E-state index in [9.17, 15) is 18.5 Å². The van der Waals surface area contributed by atoms with Crippen molar-refractivity contribution >= 4 is 21.4 Å². The molecule has 1 N–H and O–H groups in total. The first-order chi connectivity index (χ1) is 14.2. The molecule has 0 radical (unpaired) electrons. The molecular formula is C21H34N4O4S. The molecule has 1 saturated heterocycles. The van der Waals surface area contributed by atoms with Gasteiger partial charge in [0.15, 0.2) is 0 Å². The van der Waals surface area contributed by atoms with E-state index >= 15 is 0 Å². The Morgan fingerprint density at radius 1 is 1.20 bits per heavy atom. The molecule has 0 aromatic heterocycles. The van der Waals surface area contributed by atoms with Crippen LogP contribution in [0, 0.1) is 22.0 Å². The van der Waals surface area contributed by atoms with E-state index in [-0.39, 0.29) is 16.6 Å². The molecule has 1 atom stereocenters. The Morgan fingerprint density at radius 2 is 1.90 bits per heavy atom. The Hall–Kier alpha value is -1.71. The molecule has 1 aromatic rings. The number of hydrogen-bond donors (Lipinski definition) is 1. The van der Waals surface area contributed by atoms with Crippen LogP contribution >= 0.6 is 0 Å². The van der Waals surface area contributed by atoms with E-state index in [0.717, 1.165) is 58.2 Å². The number of benzene rings is 1. The van der Waals surface area contributed by atoms with Gasteiger partial charge in [0.25, 0.3) is 5.69 Å². The Morgan fingerprint density at radius 3 is 2.53 bits per heavy atom. The van der Waals surface area contributed by atoms with Crippen LogP contribution in [0.15, 0.2) is 23.1 Å². The molecule has 2 aliphatic rings. The highest BCUT2D eigenvalue weighted by molar-refractivity contribution is 7.89. The maximum absolute atomic E-state index is 12.9. The van der Waals surface area contributed by atoms with Crippen LogP contribution in [-0.2, 0) is 10.0 Å². The van der Waals surface area contributed by atoms with Crippen LogP contribution in [0.5, 0.6) is 0 Å². The molecule has 9 heteroatoms. The lowest BCUT2D eigenvalue weighted by Gasteiger charge is -2.35. The monoisotopic (exact) mass is 438 g/mol. The molecule has 1 aromatic carbocycles. The average Bonchev–Trinajstić information content (AvgIpc) is 2.69. The smallest absolute Gasteiger partial charge is 0.293 e. The molecule has 8 nitrogen and oxygen atoms in total. The van der Waals surface area contributed by atoms with Gasteiger partial charge in [0.2, 0.25) is 10.0 Å². The van der Waals surface area contributed by atoms with E-state index in [1.54, 1.807) is 6.07 Å². The van der Waals surface area contributed by atoms with Gasteiger partial charge >= 0.3 is 0 Å². The number of nitrogens with zero attached hydrogens (tertiary/aromatic N) is 3. The lowest BCUT2D eigenvalue weighted by atomic mass is 9.88. The number of rotatable bonds is 7. The quantitative estimate of drug-likeness (QED) is 0.519. The third kappa shape index (κ3) is 5.70. The van der Waals surface area contributed by atoms with Crippen LogP contribution in [0.2, 0.25) is 0 Å². The zero-order chi connectivity index (χ0) is 21.9. The van der Waals surface area contributed by atoms with Crippen LogP contribution in [0.3, 0.4) is 0 Å². The standard InChI is InChI=1S/C21H34N4O4S/c1-16-6-8-18(9-7-16)22-30(28,29)19-10-11-20(21(13-19)25(26)27)24-12-4-5-17(15-24)14-23(2)3/h10-11,13,16-18,22H,4-9,12,14-15H2,1-3H3/t16?,17-,18?/m0/s1. The number of sulfonamides is 1. The molecule has 1 saturated carbocycles. The molecule has 30 heavy (non-hydrogen) atoms. The van der Waals surface area contributed by atoms with E-state index < -0.39 is 14.9 Å². The lowest BCUT2D eigenvalue weighted by Crippen LogP contribution is -2.40. The Kier molecular flexibility index (Phi) is 7.36. The summed E-state index contributed by atoms with van der Waals surface area (Å²) in [7, 11) is 0.270. The Balaban J connectivity index is 1.80. The number of nitro groups is 1. The zero-order valence-electron chi connectivity index (χ0n) is 18.2. The molecule has 168 valence electrons. The number of hydrogen-bond acceptors (Lipinski definition) is 6. The minimum Gasteiger partial charge on any atom is -0.366 e. The van der Waals surface area contributed by atoms with Crippen molar-refractivity contribution in [2.75, 3.05) is 38.6 Å². The van der Waals surface area contributed by atoms with Crippen LogP contribution in [0.1, 0.15) is 45.4 Å². The van der Waals surface area contributed by atoms with Gasteiger partial charge in [-0.1, -0.05) is 6.92 Å². The van der Waals surface area contributed by atoms with Crippen molar-refractivity contribution in [1.29, 1.82) is 0 Å².